The lowest BCUT2D eigenvalue weighted by molar-refractivity contribution is 0.115. The van der Waals surface area contributed by atoms with Gasteiger partial charge >= 0.3 is 0 Å². The van der Waals surface area contributed by atoms with Crippen LogP contribution in [0.15, 0.2) is 18.8 Å². The van der Waals surface area contributed by atoms with Crippen molar-refractivity contribution in [1.82, 2.24) is 20.1 Å². The molecular weight excluding hydrogens is 370 g/mol. The number of hydrogen-bond acceptors (Lipinski definition) is 5. The van der Waals surface area contributed by atoms with Gasteiger partial charge < -0.3 is 15.1 Å². The van der Waals surface area contributed by atoms with Crippen LogP contribution in [-0.2, 0) is 0 Å². The molecule has 4 rings (SSSR count). The second-order valence-corrected chi connectivity index (χ2v) is 9.79. The van der Waals surface area contributed by atoms with Gasteiger partial charge in [-0.2, -0.15) is 0 Å². The van der Waals surface area contributed by atoms with Crippen LogP contribution >= 0.6 is 0 Å². The molecule has 1 aromatic rings. The van der Waals surface area contributed by atoms with Gasteiger partial charge in [0.15, 0.2) is 0 Å². The first-order chi connectivity index (χ1) is 14.6. The molecule has 166 valence electrons. The largest absolute Gasteiger partial charge is 0.385 e. The molecule has 1 N–H and O–H groups in total. The van der Waals surface area contributed by atoms with E-state index in [0.29, 0.717) is 0 Å². The Balaban J connectivity index is 1.28. The molecule has 0 atom stereocenters. The predicted molar refractivity (Wildman–Crippen MR) is 127 cm³/mol. The highest BCUT2D eigenvalue weighted by Gasteiger charge is 2.27. The molecule has 1 aliphatic carbocycles. The third-order valence-corrected chi connectivity index (χ3v) is 7.55. The lowest BCUT2D eigenvalue weighted by Crippen LogP contribution is -2.53. The standard InChI is InChI=1S/C25H41N5/c1-20-17-23(21(2)26-18-22-7-5-4-6-8-22)19-27-25(20)30-15-13-29(14-16-30)24-9-11-28(3)12-10-24/h17,19,22,24,26H,2,4-16,18H2,1,3H3. The lowest BCUT2D eigenvalue weighted by atomic mass is 9.89. The van der Waals surface area contributed by atoms with Crippen LogP contribution in [0.5, 0.6) is 0 Å². The molecule has 5 nitrogen and oxygen atoms in total. The number of anilines is 1. The molecule has 0 aromatic carbocycles. The maximum Gasteiger partial charge on any atom is 0.131 e. The van der Waals surface area contributed by atoms with Crippen LogP contribution < -0.4 is 10.2 Å². The van der Waals surface area contributed by atoms with E-state index in [9.17, 15) is 0 Å². The minimum atomic E-state index is 0.776. The Morgan fingerprint density at radius 2 is 1.73 bits per heavy atom. The van der Waals surface area contributed by atoms with E-state index >= 15 is 0 Å². The molecule has 2 aliphatic heterocycles. The van der Waals surface area contributed by atoms with Crippen LogP contribution in [0, 0.1) is 12.8 Å². The van der Waals surface area contributed by atoms with Crippen molar-refractivity contribution >= 4 is 11.5 Å². The van der Waals surface area contributed by atoms with E-state index in [1.165, 1.54) is 63.6 Å². The fourth-order valence-corrected chi connectivity index (χ4v) is 5.48. The minimum Gasteiger partial charge on any atom is -0.385 e. The van der Waals surface area contributed by atoms with Gasteiger partial charge in [-0.05, 0) is 70.3 Å². The number of pyridine rings is 1. The summed E-state index contributed by atoms with van der Waals surface area (Å²) in [5.74, 6) is 1.96. The average molecular weight is 412 g/mol. The molecule has 3 fully saturated rings. The van der Waals surface area contributed by atoms with Crippen molar-refractivity contribution in [3.05, 3.63) is 30.0 Å². The van der Waals surface area contributed by atoms with E-state index in [-0.39, 0.29) is 0 Å². The highest BCUT2D eigenvalue weighted by molar-refractivity contribution is 5.64. The fraction of sp³-hybridized carbons (Fsp3) is 0.720. The van der Waals surface area contributed by atoms with E-state index in [4.69, 9.17) is 4.98 Å². The third kappa shape index (κ3) is 5.36. The molecule has 0 spiro atoms. The summed E-state index contributed by atoms with van der Waals surface area (Å²) in [4.78, 5) is 12.5. The summed E-state index contributed by atoms with van der Waals surface area (Å²) in [7, 11) is 2.24. The molecule has 0 unspecified atom stereocenters. The molecule has 2 saturated heterocycles. The summed E-state index contributed by atoms with van der Waals surface area (Å²) in [5, 5.41) is 3.58. The highest BCUT2D eigenvalue weighted by atomic mass is 15.3. The van der Waals surface area contributed by atoms with Crippen molar-refractivity contribution in [2.75, 3.05) is 57.8 Å². The number of aryl methyl sites for hydroxylation is 1. The summed E-state index contributed by atoms with van der Waals surface area (Å²) in [6.45, 7) is 14.5. The van der Waals surface area contributed by atoms with Crippen LogP contribution in [0.2, 0.25) is 0 Å². The second kappa shape index (κ2) is 10.1. The number of rotatable bonds is 6. The Labute approximate surface area is 183 Å². The smallest absolute Gasteiger partial charge is 0.131 e. The number of nitrogens with one attached hydrogen (secondary N) is 1. The van der Waals surface area contributed by atoms with E-state index in [0.717, 1.165) is 61.8 Å². The molecular formula is C25H41N5. The molecule has 1 saturated carbocycles. The predicted octanol–water partition coefficient (Wildman–Crippen LogP) is 3.75. The first kappa shape index (κ1) is 21.6. The van der Waals surface area contributed by atoms with Gasteiger partial charge in [-0.15, -0.1) is 0 Å². The number of nitrogens with zero attached hydrogens (tertiary/aromatic N) is 4. The Hall–Kier alpha value is -1.59. The van der Waals surface area contributed by atoms with Crippen LogP contribution in [0.1, 0.15) is 56.1 Å². The Bertz CT molecular complexity index is 695. The van der Waals surface area contributed by atoms with Crippen molar-refractivity contribution < 1.29 is 0 Å². The molecule has 0 bridgehead atoms. The molecule has 0 amide bonds. The Morgan fingerprint density at radius 1 is 1.03 bits per heavy atom. The first-order valence-electron chi connectivity index (χ1n) is 12.2. The topological polar surface area (TPSA) is 34.6 Å². The summed E-state index contributed by atoms with van der Waals surface area (Å²) >= 11 is 0. The van der Waals surface area contributed by atoms with E-state index < -0.39 is 0 Å². The summed E-state index contributed by atoms with van der Waals surface area (Å²) in [6.07, 6.45) is 11.6. The monoisotopic (exact) mass is 411 g/mol. The zero-order valence-electron chi connectivity index (χ0n) is 19.2. The number of aromatic nitrogens is 1. The van der Waals surface area contributed by atoms with Gasteiger partial charge in [-0.1, -0.05) is 25.8 Å². The number of likely N-dealkylation sites (tertiary alicyclic amines) is 1. The van der Waals surface area contributed by atoms with Gasteiger partial charge in [0, 0.05) is 56.2 Å². The SMILES string of the molecule is C=C(NCC1CCCCC1)c1cnc(N2CCN(C3CCN(C)CC3)CC2)c(C)c1. The number of hydrogen-bond donors (Lipinski definition) is 1. The summed E-state index contributed by atoms with van der Waals surface area (Å²) < 4.78 is 0. The zero-order valence-corrected chi connectivity index (χ0v) is 19.2. The van der Waals surface area contributed by atoms with E-state index in [2.05, 4.69) is 46.6 Å². The van der Waals surface area contributed by atoms with Crippen LogP contribution in [0.4, 0.5) is 5.82 Å². The molecule has 1 aromatic heterocycles. The summed E-state index contributed by atoms with van der Waals surface area (Å²) in [6, 6.07) is 3.04. The van der Waals surface area contributed by atoms with Gasteiger partial charge in [0.1, 0.15) is 5.82 Å². The molecule has 5 heteroatoms. The average Bonchev–Trinajstić information content (AvgIpc) is 2.79. The normalized spacial score (nSPS) is 22.9. The third-order valence-electron chi connectivity index (χ3n) is 7.55. The van der Waals surface area contributed by atoms with Gasteiger partial charge in [-0.25, -0.2) is 4.98 Å². The minimum absolute atomic E-state index is 0.776. The number of piperazine rings is 1. The maximum atomic E-state index is 4.87. The second-order valence-electron chi connectivity index (χ2n) is 9.79. The molecule has 30 heavy (non-hydrogen) atoms. The maximum absolute atomic E-state index is 4.87. The van der Waals surface area contributed by atoms with Gasteiger partial charge in [0.2, 0.25) is 0 Å². The Kier molecular flexibility index (Phi) is 7.32. The van der Waals surface area contributed by atoms with Crippen molar-refractivity contribution in [2.24, 2.45) is 5.92 Å². The van der Waals surface area contributed by atoms with Gasteiger partial charge in [0.05, 0.1) is 0 Å². The van der Waals surface area contributed by atoms with E-state index in [1.54, 1.807) is 0 Å². The summed E-state index contributed by atoms with van der Waals surface area (Å²) in [5.41, 5.74) is 3.42. The zero-order chi connectivity index (χ0) is 20.9. The van der Waals surface area contributed by atoms with Crippen molar-refractivity contribution in [1.29, 1.82) is 0 Å². The Morgan fingerprint density at radius 3 is 2.40 bits per heavy atom. The van der Waals surface area contributed by atoms with Crippen molar-refractivity contribution in [3.63, 3.8) is 0 Å². The molecule has 0 radical (unpaired) electrons. The van der Waals surface area contributed by atoms with Gasteiger partial charge in [-0.3, -0.25) is 4.90 Å². The van der Waals surface area contributed by atoms with Crippen molar-refractivity contribution in [3.8, 4) is 0 Å². The lowest BCUT2D eigenvalue weighted by Gasteiger charge is -2.42. The number of piperidine rings is 1. The first-order valence-corrected chi connectivity index (χ1v) is 12.2. The van der Waals surface area contributed by atoms with Crippen LogP contribution in [0.3, 0.4) is 0 Å². The highest BCUT2D eigenvalue weighted by Crippen LogP contribution is 2.26. The van der Waals surface area contributed by atoms with Crippen LogP contribution in [-0.4, -0.2) is 73.7 Å². The quantitative estimate of drug-likeness (QED) is 0.771. The van der Waals surface area contributed by atoms with Crippen molar-refractivity contribution in [2.45, 2.75) is 57.9 Å². The van der Waals surface area contributed by atoms with Crippen LogP contribution in [0.25, 0.3) is 5.70 Å². The van der Waals surface area contributed by atoms with Gasteiger partial charge in [0.25, 0.3) is 0 Å². The van der Waals surface area contributed by atoms with E-state index in [1.807, 2.05) is 6.20 Å². The fourth-order valence-electron chi connectivity index (χ4n) is 5.48. The molecule has 3 heterocycles. The molecule has 3 aliphatic rings.